The zero-order valence-electron chi connectivity index (χ0n) is 10.2. The summed E-state index contributed by atoms with van der Waals surface area (Å²) in [6, 6.07) is 8.31. The van der Waals surface area contributed by atoms with Crippen LogP contribution < -0.4 is 4.74 Å². The third kappa shape index (κ3) is 1.82. The Bertz CT molecular complexity index is 541. The van der Waals surface area contributed by atoms with Crippen LogP contribution in [0.5, 0.6) is 5.75 Å². The Morgan fingerprint density at radius 2 is 2.12 bits per heavy atom. The number of aromatic nitrogens is 2. The molecule has 88 valence electrons. The maximum Gasteiger partial charge on any atom is 0.121 e. The van der Waals surface area contributed by atoms with E-state index in [1.165, 1.54) is 18.5 Å². The van der Waals surface area contributed by atoms with Gasteiger partial charge in [-0.3, -0.25) is 0 Å². The highest BCUT2D eigenvalue weighted by Gasteiger charge is 2.27. The molecular weight excluding hydrogens is 212 g/mol. The van der Waals surface area contributed by atoms with Gasteiger partial charge in [-0.15, -0.1) is 0 Å². The number of aryl methyl sites for hydroxylation is 1. The van der Waals surface area contributed by atoms with Crippen molar-refractivity contribution in [2.45, 2.75) is 25.7 Å². The molecule has 1 aliphatic rings. The fourth-order valence-corrected chi connectivity index (χ4v) is 2.21. The molecule has 0 amide bonds. The highest BCUT2D eigenvalue weighted by molar-refractivity contribution is 5.44. The minimum atomic E-state index is 0.708. The van der Waals surface area contributed by atoms with Crippen LogP contribution in [0.3, 0.4) is 0 Å². The van der Waals surface area contributed by atoms with Crippen molar-refractivity contribution in [2.75, 3.05) is 7.11 Å². The second-order valence-corrected chi connectivity index (χ2v) is 4.60. The topological polar surface area (TPSA) is 27.1 Å². The van der Waals surface area contributed by atoms with Gasteiger partial charge in [-0.2, -0.15) is 5.10 Å². The van der Waals surface area contributed by atoms with Crippen LogP contribution in [0.15, 0.2) is 30.5 Å². The van der Waals surface area contributed by atoms with E-state index in [0.717, 1.165) is 17.0 Å². The Hall–Kier alpha value is -1.77. The zero-order chi connectivity index (χ0) is 11.8. The smallest absolute Gasteiger partial charge is 0.121 e. The average Bonchev–Trinajstić information content (AvgIpc) is 3.07. The van der Waals surface area contributed by atoms with Gasteiger partial charge in [0.25, 0.3) is 0 Å². The summed E-state index contributed by atoms with van der Waals surface area (Å²) in [5, 5.41) is 4.42. The van der Waals surface area contributed by atoms with Crippen molar-refractivity contribution in [1.82, 2.24) is 9.78 Å². The fraction of sp³-hybridized carbons (Fsp3) is 0.357. The zero-order valence-corrected chi connectivity index (χ0v) is 10.2. The molecule has 1 saturated carbocycles. The Balaban J connectivity index is 2.02. The number of benzene rings is 1. The van der Waals surface area contributed by atoms with E-state index < -0.39 is 0 Å². The van der Waals surface area contributed by atoms with Gasteiger partial charge < -0.3 is 4.74 Å². The normalized spacial score (nSPS) is 14.9. The molecule has 0 unspecified atom stereocenters. The van der Waals surface area contributed by atoms with Gasteiger partial charge in [0, 0.05) is 17.8 Å². The van der Waals surface area contributed by atoms with Crippen molar-refractivity contribution >= 4 is 0 Å². The minimum absolute atomic E-state index is 0.708. The quantitative estimate of drug-likeness (QED) is 0.807. The van der Waals surface area contributed by atoms with E-state index >= 15 is 0 Å². The van der Waals surface area contributed by atoms with E-state index in [4.69, 9.17) is 4.74 Å². The third-order valence-electron chi connectivity index (χ3n) is 3.29. The average molecular weight is 228 g/mol. The van der Waals surface area contributed by atoms with Gasteiger partial charge in [-0.1, -0.05) is 0 Å². The van der Waals surface area contributed by atoms with E-state index in [0.29, 0.717) is 5.92 Å². The van der Waals surface area contributed by atoms with Gasteiger partial charge in [0.05, 0.1) is 12.8 Å². The Labute approximate surface area is 101 Å². The third-order valence-corrected chi connectivity index (χ3v) is 3.29. The first-order valence-electron chi connectivity index (χ1n) is 5.98. The summed E-state index contributed by atoms with van der Waals surface area (Å²) < 4.78 is 7.32. The van der Waals surface area contributed by atoms with Crippen molar-refractivity contribution in [3.8, 4) is 11.4 Å². The molecule has 1 aromatic carbocycles. The molecule has 1 aromatic heterocycles. The van der Waals surface area contributed by atoms with Crippen LogP contribution >= 0.6 is 0 Å². The van der Waals surface area contributed by atoms with Gasteiger partial charge in [-0.25, -0.2) is 4.68 Å². The molecule has 0 saturated heterocycles. The van der Waals surface area contributed by atoms with E-state index in [9.17, 15) is 0 Å². The number of rotatable bonds is 3. The second-order valence-electron chi connectivity index (χ2n) is 4.60. The Morgan fingerprint density at radius 3 is 2.76 bits per heavy atom. The first-order valence-corrected chi connectivity index (χ1v) is 5.98. The molecule has 3 rings (SSSR count). The number of hydrogen-bond acceptors (Lipinski definition) is 2. The van der Waals surface area contributed by atoms with Crippen molar-refractivity contribution in [3.63, 3.8) is 0 Å². The first-order chi connectivity index (χ1) is 8.29. The van der Waals surface area contributed by atoms with Gasteiger partial charge >= 0.3 is 0 Å². The predicted molar refractivity (Wildman–Crippen MR) is 66.8 cm³/mol. The van der Waals surface area contributed by atoms with Crippen LogP contribution in [0.4, 0.5) is 0 Å². The molecular formula is C14H16N2O. The molecule has 0 atom stereocenters. The lowest BCUT2D eigenvalue weighted by molar-refractivity contribution is 0.411. The summed E-state index contributed by atoms with van der Waals surface area (Å²) in [6.45, 7) is 2.06. The minimum Gasteiger partial charge on any atom is -0.496 e. The maximum absolute atomic E-state index is 5.28. The van der Waals surface area contributed by atoms with E-state index in [2.05, 4.69) is 30.2 Å². The molecule has 17 heavy (non-hydrogen) atoms. The summed E-state index contributed by atoms with van der Waals surface area (Å²) in [6.07, 6.45) is 4.47. The molecule has 0 N–H and O–H groups in total. The predicted octanol–water partition coefficient (Wildman–Crippen LogP) is 3.07. The Morgan fingerprint density at radius 1 is 1.29 bits per heavy atom. The van der Waals surface area contributed by atoms with Crippen molar-refractivity contribution in [1.29, 1.82) is 0 Å². The molecule has 0 bridgehead atoms. The molecule has 0 radical (unpaired) electrons. The lowest BCUT2D eigenvalue weighted by Gasteiger charge is -2.10. The highest BCUT2D eigenvalue weighted by Crippen LogP contribution is 2.40. The molecule has 1 heterocycles. The van der Waals surface area contributed by atoms with Crippen molar-refractivity contribution in [2.24, 2.45) is 0 Å². The molecule has 3 nitrogen and oxygen atoms in total. The van der Waals surface area contributed by atoms with Crippen LogP contribution in [0, 0.1) is 6.92 Å². The van der Waals surface area contributed by atoms with Crippen LogP contribution in [-0.4, -0.2) is 16.9 Å². The molecule has 0 spiro atoms. The number of ether oxygens (including phenoxy) is 1. The van der Waals surface area contributed by atoms with Crippen LogP contribution in [-0.2, 0) is 0 Å². The van der Waals surface area contributed by atoms with E-state index in [1.807, 2.05) is 16.9 Å². The monoisotopic (exact) mass is 228 g/mol. The standard InChI is InChI=1S/C14H16N2O/c1-10-9-12(5-6-14(10)17-2)16-13(7-8-15-16)11-3-4-11/h5-9,11H,3-4H2,1-2H3. The lowest BCUT2D eigenvalue weighted by atomic mass is 10.2. The van der Waals surface area contributed by atoms with E-state index in [-0.39, 0.29) is 0 Å². The van der Waals surface area contributed by atoms with Gasteiger partial charge in [-0.05, 0) is 49.6 Å². The summed E-state index contributed by atoms with van der Waals surface area (Å²) in [5.74, 6) is 1.63. The second kappa shape index (κ2) is 3.91. The van der Waals surface area contributed by atoms with Crippen LogP contribution in [0.25, 0.3) is 5.69 Å². The van der Waals surface area contributed by atoms with Crippen LogP contribution in [0.1, 0.15) is 30.0 Å². The van der Waals surface area contributed by atoms with Crippen molar-refractivity contribution < 1.29 is 4.74 Å². The SMILES string of the molecule is COc1ccc(-n2nccc2C2CC2)cc1C. The van der Waals surface area contributed by atoms with E-state index in [1.54, 1.807) is 7.11 Å². The van der Waals surface area contributed by atoms with Crippen LogP contribution in [0.2, 0.25) is 0 Å². The van der Waals surface area contributed by atoms with Crippen molar-refractivity contribution in [3.05, 3.63) is 41.7 Å². The molecule has 1 aliphatic carbocycles. The summed E-state index contributed by atoms with van der Waals surface area (Å²) in [5.41, 5.74) is 3.59. The van der Waals surface area contributed by atoms with Gasteiger partial charge in [0.15, 0.2) is 0 Å². The van der Waals surface area contributed by atoms with Gasteiger partial charge in [0.1, 0.15) is 5.75 Å². The number of nitrogens with zero attached hydrogens (tertiary/aromatic N) is 2. The number of methoxy groups -OCH3 is 1. The first kappa shape index (κ1) is 10.4. The molecule has 3 heteroatoms. The summed E-state index contributed by atoms with van der Waals surface area (Å²) in [4.78, 5) is 0. The lowest BCUT2D eigenvalue weighted by Crippen LogP contribution is -2.01. The fourth-order valence-electron chi connectivity index (χ4n) is 2.21. The summed E-state index contributed by atoms with van der Waals surface area (Å²) >= 11 is 0. The maximum atomic E-state index is 5.28. The highest BCUT2D eigenvalue weighted by atomic mass is 16.5. The Kier molecular flexibility index (Phi) is 2.39. The molecule has 2 aromatic rings. The molecule has 1 fully saturated rings. The van der Waals surface area contributed by atoms with Gasteiger partial charge in [0.2, 0.25) is 0 Å². The molecule has 0 aliphatic heterocycles. The summed E-state index contributed by atoms with van der Waals surface area (Å²) in [7, 11) is 1.70. The number of hydrogen-bond donors (Lipinski definition) is 0. The largest absolute Gasteiger partial charge is 0.496 e.